The van der Waals surface area contributed by atoms with E-state index < -0.39 is 0 Å². The summed E-state index contributed by atoms with van der Waals surface area (Å²) in [7, 11) is 0. The van der Waals surface area contributed by atoms with Gasteiger partial charge in [0.15, 0.2) is 0 Å². The van der Waals surface area contributed by atoms with Gasteiger partial charge in [-0.3, -0.25) is 0 Å². The van der Waals surface area contributed by atoms with Crippen molar-refractivity contribution < 1.29 is 9.13 Å². The summed E-state index contributed by atoms with van der Waals surface area (Å²) in [5, 5.41) is 0. The zero-order valence-corrected chi connectivity index (χ0v) is 11.2. The van der Waals surface area contributed by atoms with E-state index in [-0.39, 0.29) is 17.5 Å². The highest BCUT2D eigenvalue weighted by molar-refractivity contribution is 5.56. The third-order valence-electron chi connectivity index (χ3n) is 3.25. The van der Waals surface area contributed by atoms with Crippen molar-refractivity contribution in [1.82, 2.24) is 0 Å². The molecule has 0 amide bonds. The molecule has 1 fully saturated rings. The molecule has 4 heteroatoms. The fraction of sp³-hybridized carbons (Fsp3) is 0.571. The Hall–Kier alpha value is -1.13. The van der Waals surface area contributed by atoms with Crippen LogP contribution in [-0.2, 0) is 4.74 Å². The number of hydrogen-bond acceptors (Lipinski definition) is 3. The maximum atomic E-state index is 13.9. The van der Waals surface area contributed by atoms with Gasteiger partial charge in [-0.25, -0.2) is 4.39 Å². The largest absolute Gasteiger partial charge is 0.372 e. The Morgan fingerprint density at radius 2 is 2.17 bits per heavy atom. The second kappa shape index (κ2) is 4.86. The topological polar surface area (TPSA) is 38.5 Å². The van der Waals surface area contributed by atoms with Crippen LogP contribution in [0.4, 0.5) is 10.1 Å². The molecule has 1 aromatic rings. The van der Waals surface area contributed by atoms with Crippen LogP contribution in [-0.4, -0.2) is 25.3 Å². The Kier molecular flexibility index (Phi) is 3.59. The van der Waals surface area contributed by atoms with Crippen LogP contribution in [0.2, 0.25) is 0 Å². The molecule has 1 aromatic carbocycles. The number of nitrogens with zero attached hydrogens (tertiary/aromatic N) is 1. The average Bonchev–Trinajstić information content (AvgIpc) is 2.26. The lowest BCUT2D eigenvalue weighted by atomic mass is 10.0. The van der Waals surface area contributed by atoms with Crippen LogP contribution in [0, 0.1) is 5.82 Å². The smallest absolute Gasteiger partial charge is 0.130 e. The molecule has 2 N–H and O–H groups in total. The van der Waals surface area contributed by atoms with Crippen LogP contribution < -0.4 is 10.6 Å². The third kappa shape index (κ3) is 2.65. The molecule has 1 aliphatic heterocycles. The van der Waals surface area contributed by atoms with Crippen molar-refractivity contribution in [2.75, 3.05) is 24.6 Å². The van der Waals surface area contributed by atoms with Gasteiger partial charge >= 0.3 is 0 Å². The molecule has 2 rings (SSSR count). The number of morpholine rings is 1. The molecular formula is C14H21FN2O. The molecule has 100 valence electrons. The number of hydrogen-bond donors (Lipinski definition) is 1. The zero-order chi connectivity index (χ0) is 13.3. The number of anilines is 1. The fourth-order valence-corrected chi connectivity index (χ4v) is 2.47. The van der Waals surface area contributed by atoms with Gasteiger partial charge in [-0.1, -0.05) is 6.07 Å². The highest BCUT2D eigenvalue weighted by Crippen LogP contribution is 2.30. The van der Waals surface area contributed by atoms with E-state index in [1.807, 2.05) is 26.8 Å². The van der Waals surface area contributed by atoms with Crippen molar-refractivity contribution in [3.05, 3.63) is 29.6 Å². The maximum Gasteiger partial charge on any atom is 0.130 e. The number of halogens is 1. The number of ether oxygens (including phenoxy) is 1. The monoisotopic (exact) mass is 252 g/mol. The first kappa shape index (κ1) is 13.3. The molecule has 0 spiro atoms. The number of benzene rings is 1. The van der Waals surface area contributed by atoms with Gasteiger partial charge in [0, 0.05) is 30.4 Å². The molecule has 0 bridgehead atoms. The Labute approximate surface area is 108 Å². The zero-order valence-electron chi connectivity index (χ0n) is 11.2. The van der Waals surface area contributed by atoms with Gasteiger partial charge in [-0.05, 0) is 32.9 Å². The summed E-state index contributed by atoms with van der Waals surface area (Å²) < 4.78 is 19.6. The molecule has 3 nitrogen and oxygen atoms in total. The van der Waals surface area contributed by atoms with Gasteiger partial charge in [-0.15, -0.1) is 0 Å². The first-order valence-corrected chi connectivity index (χ1v) is 6.33. The number of rotatable bonds is 2. The molecule has 0 aromatic heterocycles. The molecule has 1 heterocycles. The van der Waals surface area contributed by atoms with Crippen molar-refractivity contribution >= 4 is 5.69 Å². The summed E-state index contributed by atoms with van der Waals surface area (Å²) in [6.45, 7) is 8.08. The second-order valence-electron chi connectivity index (χ2n) is 5.49. The minimum Gasteiger partial charge on any atom is -0.372 e. The van der Waals surface area contributed by atoms with Crippen LogP contribution in [0.5, 0.6) is 0 Å². The van der Waals surface area contributed by atoms with Crippen LogP contribution in [0.25, 0.3) is 0 Å². The van der Waals surface area contributed by atoms with Crippen LogP contribution in [0.3, 0.4) is 0 Å². The van der Waals surface area contributed by atoms with E-state index in [0.717, 1.165) is 18.8 Å². The molecule has 1 atom stereocenters. The Morgan fingerprint density at radius 1 is 1.44 bits per heavy atom. The lowest BCUT2D eigenvalue weighted by Crippen LogP contribution is -2.48. The van der Waals surface area contributed by atoms with Gasteiger partial charge < -0.3 is 15.4 Å². The summed E-state index contributed by atoms with van der Waals surface area (Å²) in [6.07, 6.45) is 0. The van der Waals surface area contributed by atoms with Gasteiger partial charge in [0.25, 0.3) is 0 Å². The predicted octanol–water partition coefficient (Wildman–Crippen LogP) is 2.46. The van der Waals surface area contributed by atoms with Crippen LogP contribution in [0.15, 0.2) is 18.2 Å². The number of nitrogens with two attached hydrogens (primary N) is 1. The molecule has 0 radical (unpaired) electrons. The maximum absolute atomic E-state index is 13.9. The van der Waals surface area contributed by atoms with E-state index >= 15 is 0 Å². The van der Waals surface area contributed by atoms with E-state index in [0.29, 0.717) is 12.2 Å². The minimum absolute atomic E-state index is 0.209. The van der Waals surface area contributed by atoms with Gasteiger partial charge in [0.2, 0.25) is 0 Å². The Bertz CT molecular complexity index is 432. The van der Waals surface area contributed by atoms with Crippen molar-refractivity contribution in [3.8, 4) is 0 Å². The van der Waals surface area contributed by atoms with Gasteiger partial charge in [0.05, 0.1) is 12.2 Å². The van der Waals surface area contributed by atoms with Crippen LogP contribution >= 0.6 is 0 Å². The molecule has 18 heavy (non-hydrogen) atoms. The lowest BCUT2D eigenvalue weighted by molar-refractivity contribution is -0.0277. The van der Waals surface area contributed by atoms with E-state index in [2.05, 4.69) is 4.90 Å². The summed E-state index contributed by atoms with van der Waals surface area (Å²) in [5.74, 6) is -0.230. The molecule has 1 aliphatic rings. The molecular weight excluding hydrogens is 231 g/mol. The fourth-order valence-electron chi connectivity index (χ4n) is 2.47. The molecule has 0 unspecified atom stereocenters. The summed E-state index contributed by atoms with van der Waals surface area (Å²) in [6, 6.07) is 4.82. The van der Waals surface area contributed by atoms with E-state index in [1.54, 1.807) is 6.07 Å². The Morgan fingerprint density at radius 3 is 2.78 bits per heavy atom. The van der Waals surface area contributed by atoms with Crippen molar-refractivity contribution in [2.24, 2.45) is 5.73 Å². The SMILES string of the molecule is C[C@H](N)c1c(F)cccc1N1CCOC(C)(C)C1. The summed E-state index contributed by atoms with van der Waals surface area (Å²) in [5.41, 5.74) is 7.17. The average molecular weight is 252 g/mol. The minimum atomic E-state index is -0.313. The van der Waals surface area contributed by atoms with Crippen LogP contribution in [0.1, 0.15) is 32.4 Å². The standard InChI is InChI=1S/C14H21FN2O/c1-10(16)13-11(15)5-4-6-12(13)17-7-8-18-14(2,3)9-17/h4-6,10H,7-9,16H2,1-3H3/t10-/m0/s1. The van der Waals surface area contributed by atoms with E-state index in [4.69, 9.17) is 10.5 Å². The quantitative estimate of drug-likeness (QED) is 0.878. The van der Waals surface area contributed by atoms with Gasteiger partial charge in [-0.2, -0.15) is 0 Å². The second-order valence-corrected chi connectivity index (χ2v) is 5.49. The molecule has 0 aliphatic carbocycles. The van der Waals surface area contributed by atoms with E-state index in [9.17, 15) is 4.39 Å². The van der Waals surface area contributed by atoms with Crippen molar-refractivity contribution in [2.45, 2.75) is 32.4 Å². The summed E-state index contributed by atoms with van der Waals surface area (Å²) >= 11 is 0. The van der Waals surface area contributed by atoms with Crippen molar-refractivity contribution in [1.29, 1.82) is 0 Å². The van der Waals surface area contributed by atoms with E-state index in [1.165, 1.54) is 6.07 Å². The Balaban J connectivity index is 2.36. The van der Waals surface area contributed by atoms with Crippen molar-refractivity contribution in [3.63, 3.8) is 0 Å². The highest BCUT2D eigenvalue weighted by Gasteiger charge is 2.29. The lowest BCUT2D eigenvalue weighted by Gasteiger charge is -2.40. The molecule has 0 saturated carbocycles. The molecule has 1 saturated heterocycles. The first-order valence-electron chi connectivity index (χ1n) is 6.33. The first-order chi connectivity index (χ1) is 8.41. The normalized spacial score (nSPS) is 20.8. The third-order valence-corrected chi connectivity index (χ3v) is 3.25. The van der Waals surface area contributed by atoms with Gasteiger partial charge in [0.1, 0.15) is 5.82 Å². The predicted molar refractivity (Wildman–Crippen MR) is 71.2 cm³/mol. The summed E-state index contributed by atoms with van der Waals surface area (Å²) in [4.78, 5) is 2.16. The highest BCUT2D eigenvalue weighted by atomic mass is 19.1.